The van der Waals surface area contributed by atoms with Crippen LogP contribution in [0.1, 0.15) is 18.5 Å². The zero-order valence-corrected chi connectivity index (χ0v) is 13.9. The standard InChI is InChI=1S/C17H23N3O4/c1-10-8-20(9-14(10)17(22)23)16(21)13-7-18-19-15(13)11-3-5-12(24-2)6-4-11/h3-6,10,13-15,18-19H,7-9H2,1-2H3,(H,22,23)/t10-,13?,14-,15?/m1/s1. The molecular formula is C17H23N3O4. The Balaban J connectivity index is 1.73. The number of ether oxygens (including phenoxy) is 1. The van der Waals surface area contributed by atoms with E-state index in [4.69, 9.17) is 4.74 Å². The van der Waals surface area contributed by atoms with Crippen molar-refractivity contribution in [3.05, 3.63) is 29.8 Å². The zero-order valence-electron chi connectivity index (χ0n) is 13.9. The number of likely N-dealkylation sites (tertiary alicyclic amines) is 1. The maximum absolute atomic E-state index is 12.9. The van der Waals surface area contributed by atoms with Crippen LogP contribution in [0.4, 0.5) is 0 Å². The molecule has 0 spiro atoms. The molecule has 7 nitrogen and oxygen atoms in total. The molecule has 3 N–H and O–H groups in total. The Bertz CT molecular complexity index is 619. The van der Waals surface area contributed by atoms with Crippen LogP contribution in [-0.4, -0.2) is 48.6 Å². The van der Waals surface area contributed by atoms with Crippen molar-refractivity contribution in [2.24, 2.45) is 17.8 Å². The predicted molar refractivity (Wildman–Crippen MR) is 87.2 cm³/mol. The summed E-state index contributed by atoms with van der Waals surface area (Å²) < 4.78 is 5.17. The number of rotatable bonds is 4. The van der Waals surface area contributed by atoms with Gasteiger partial charge in [-0.3, -0.25) is 15.0 Å². The number of carboxylic acid groups (broad SMARTS) is 1. The number of hydrogen-bond acceptors (Lipinski definition) is 5. The van der Waals surface area contributed by atoms with Gasteiger partial charge in [0.25, 0.3) is 0 Å². The molecule has 2 unspecified atom stereocenters. The van der Waals surface area contributed by atoms with Crippen LogP contribution in [0.2, 0.25) is 0 Å². The summed E-state index contributed by atoms with van der Waals surface area (Å²) in [5, 5.41) is 9.25. The lowest BCUT2D eigenvalue weighted by Crippen LogP contribution is -2.38. The number of hydrogen-bond donors (Lipinski definition) is 3. The monoisotopic (exact) mass is 333 g/mol. The first kappa shape index (κ1) is 16.7. The molecule has 2 aliphatic heterocycles. The molecule has 0 bridgehead atoms. The summed E-state index contributed by atoms with van der Waals surface area (Å²) in [7, 11) is 1.62. The third-order valence-corrected chi connectivity index (χ3v) is 5.02. The van der Waals surface area contributed by atoms with Crippen LogP contribution < -0.4 is 15.6 Å². The minimum absolute atomic E-state index is 0.00363. The summed E-state index contributed by atoms with van der Waals surface area (Å²) in [6.45, 7) is 3.21. The van der Waals surface area contributed by atoms with Crippen molar-refractivity contribution in [2.45, 2.75) is 13.0 Å². The van der Waals surface area contributed by atoms with E-state index in [9.17, 15) is 14.7 Å². The zero-order chi connectivity index (χ0) is 17.3. The van der Waals surface area contributed by atoms with Crippen LogP contribution in [-0.2, 0) is 9.59 Å². The largest absolute Gasteiger partial charge is 0.497 e. The lowest BCUT2D eigenvalue weighted by Gasteiger charge is -2.24. The van der Waals surface area contributed by atoms with Gasteiger partial charge in [-0.2, -0.15) is 0 Å². The number of carboxylic acids is 1. The average Bonchev–Trinajstić information content (AvgIpc) is 3.21. The Hall–Kier alpha value is -2.12. The van der Waals surface area contributed by atoms with Gasteiger partial charge in [0.15, 0.2) is 0 Å². The van der Waals surface area contributed by atoms with Crippen molar-refractivity contribution in [1.29, 1.82) is 0 Å². The van der Waals surface area contributed by atoms with Crippen molar-refractivity contribution >= 4 is 11.9 Å². The molecule has 0 aliphatic carbocycles. The first-order valence-electron chi connectivity index (χ1n) is 8.15. The van der Waals surface area contributed by atoms with E-state index in [1.807, 2.05) is 31.2 Å². The normalized spacial score (nSPS) is 29.7. The third kappa shape index (κ3) is 3.09. The molecule has 24 heavy (non-hydrogen) atoms. The Morgan fingerprint density at radius 2 is 1.92 bits per heavy atom. The van der Waals surface area contributed by atoms with Gasteiger partial charge >= 0.3 is 5.97 Å². The molecule has 1 aromatic rings. The highest BCUT2D eigenvalue weighted by atomic mass is 16.5. The Labute approximate surface area is 140 Å². The van der Waals surface area contributed by atoms with Gasteiger partial charge in [0.1, 0.15) is 5.75 Å². The predicted octanol–water partition coefficient (Wildman–Crippen LogP) is 0.639. The van der Waals surface area contributed by atoms with Gasteiger partial charge in [-0.25, -0.2) is 5.43 Å². The van der Waals surface area contributed by atoms with Crippen LogP contribution in [0, 0.1) is 17.8 Å². The number of hydrazine groups is 1. The number of benzene rings is 1. The van der Waals surface area contributed by atoms with Gasteiger partial charge in [0.05, 0.1) is 25.0 Å². The summed E-state index contributed by atoms with van der Waals surface area (Å²) in [5.74, 6) is -0.802. The van der Waals surface area contributed by atoms with E-state index in [-0.39, 0.29) is 23.8 Å². The molecule has 0 radical (unpaired) electrons. The highest BCUT2D eigenvalue weighted by Gasteiger charge is 2.42. The van der Waals surface area contributed by atoms with Crippen molar-refractivity contribution in [3.63, 3.8) is 0 Å². The summed E-state index contributed by atoms with van der Waals surface area (Å²) >= 11 is 0. The minimum atomic E-state index is -0.827. The summed E-state index contributed by atoms with van der Waals surface area (Å²) in [6, 6.07) is 7.49. The first-order valence-corrected chi connectivity index (χ1v) is 8.15. The van der Waals surface area contributed by atoms with Gasteiger partial charge < -0.3 is 14.7 Å². The number of amides is 1. The summed E-state index contributed by atoms with van der Waals surface area (Å²) in [5.41, 5.74) is 7.21. The molecule has 130 valence electrons. The Morgan fingerprint density at radius 3 is 2.50 bits per heavy atom. The van der Waals surface area contributed by atoms with Crippen LogP contribution in [0.15, 0.2) is 24.3 Å². The van der Waals surface area contributed by atoms with Crippen molar-refractivity contribution in [3.8, 4) is 5.75 Å². The molecule has 2 aliphatic rings. The van der Waals surface area contributed by atoms with Crippen LogP contribution in [0.5, 0.6) is 5.75 Å². The highest BCUT2D eigenvalue weighted by molar-refractivity contribution is 5.82. The second-order valence-corrected chi connectivity index (χ2v) is 6.55. The maximum Gasteiger partial charge on any atom is 0.308 e. The topological polar surface area (TPSA) is 90.9 Å². The van der Waals surface area contributed by atoms with Crippen LogP contribution in [0.25, 0.3) is 0 Å². The highest BCUT2D eigenvalue weighted by Crippen LogP contribution is 2.31. The summed E-state index contributed by atoms with van der Waals surface area (Å²) in [4.78, 5) is 25.9. The number of carbonyl (C=O) groups excluding carboxylic acids is 1. The smallest absolute Gasteiger partial charge is 0.308 e. The molecule has 1 amide bonds. The SMILES string of the molecule is COc1ccc(C2NNCC2C(=O)N2C[C@@H](C)[C@H](C(=O)O)C2)cc1. The Kier molecular flexibility index (Phi) is 4.73. The molecular weight excluding hydrogens is 310 g/mol. The van der Waals surface area contributed by atoms with E-state index < -0.39 is 11.9 Å². The second kappa shape index (κ2) is 6.78. The molecule has 0 aromatic heterocycles. The van der Waals surface area contributed by atoms with Gasteiger partial charge in [-0.1, -0.05) is 19.1 Å². The van der Waals surface area contributed by atoms with Gasteiger partial charge in [0, 0.05) is 19.6 Å². The van der Waals surface area contributed by atoms with E-state index in [1.54, 1.807) is 12.0 Å². The molecule has 3 rings (SSSR count). The van der Waals surface area contributed by atoms with Crippen molar-refractivity contribution < 1.29 is 19.4 Å². The van der Waals surface area contributed by atoms with E-state index in [0.717, 1.165) is 11.3 Å². The molecule has 1 aromatic carbocycles. The van der Waals surface area contributed by atoms with E-state index in [1.165, 1.54) is 0 Å². The minimum Gasteiger partial charge on any atom is -0.497 e. The molecule has 7 heteroatoms. The molecule has 2 saturated heterocycles. The van der Waals surface area contributed by atoms with Crippen molar-refractivity contribution in [2.75, 3.05) is 26.7 Å². The number of nitrogens with zero attached hydrogens (tertiary/aromatic N) is 1. The van der Waals surface area contributed by atoms with Crippen LogP contribution in [0.3, 0.4) is 0 Å². The second-order valence-electron chi connectivity index (χ2n) is 6.55. The van der Waals surface area contributed by atoms with E-state index in [0.29, 0.717) is 19.6 Å². The lowest BCUT2D eigenvalue weighted by molar-refractivity contribution is -0.142. The molecule has 2 fully saturated rings. The molecule has 0 saturated carbocycles. The fourth-order valence-corrected chi connectivity index (χ4v) is 3.56. The Morgan fingerprint density at radius 1 is 1.21 bits per heavy atom. The van der Waals surface area contributed by atoms with E-state index in [2.05, 4.69) is 10.9 Å². The average molecular weight is 333 g/mol. The molecule has 4 atom stereocenters. The number of aliphatic carboxylic acids is 1. The number of methoxy groups -OCH3 is 1. The van der Waals surface area contributed by atoms with Crippen LogP contribution >= 0.6 is 0 Å². The quantitative estimate of drug-likeness (QED) is 0.749. The van der Waals surface area contributed by atoms with Gasteiger partial charge in [0.2, 0.25) is 5.91 Å². The first-order chi connectivity index (χ1) is 11.5. The number of carbonyl (C=O) groups is 2. The van der Waals surface area contributed by atoms with Gasteiger partial charge in [-0.15, -0.1) is 0 Å². The third-order valence-electron chi connectivity index (χ3n) is 5.02. The fourth-order valence-electron chi connectivity index (χ4n) is 3.56. The summed E-state index contributed by atoms with van der Waals surface area (Å²) in [6.07, 6.45) is 0. The maximum atomic E-state index is 12.9. The van der Waals surface area contributed by atoms with E-state index >= 15 is 0 Å². The fraction of sp³-hybridized carbons (Fsp3) is 0.529. The van der Waals surface area contributed by atoms with Gasteiger partial charge in [-0.05, 0) is 23.6 Å². The number of nitrogens with one attached hydrogen (secondary N) is 2. The van der Waals surface area contributed by atoms with Crippen molar-refractivity contribution in [1.82, 2.24) is 15.8 Å². The lowest BCUT2D eigenvalue weighted by atomic mass is 9.93. The molecule has 2 heterocycles.